The van der Waals surface area contributed by atoms with Gasteiger partial charge < -0.3 is 15.2 Å². The van der Waals surface area contributed by atoms with Gasteiger partial charge in [0, 0.05) is 11.6 Å². The van der Waals surface area contributed by atoms with Crippen molar-refractivity contribution in [3.8, 4) is 11.8 Å². The molecule has 1 aromatic carbocycles. The number of aromatic nitrogens is 1. The highest BCUT2D eigenvalue weighted by atomic mass is 32.2. The monoisotopic (exact) mass is 357 g/mol. The molecule has 2 N–H and O–H groups in total. The van der Waals surface area contributed by atoms with Crippen molar-refractivity contribution in [3.05, 3.63) is 47.7 Å². The predicted octanol–water partition coefficient (Wildman–Crippen LogP) is 2.21. The van der Waals surface area contributed by atoms with Gasteiger partial charge in [0.15, 0.2) is 5.82 Å². The fourth-order valence-electron chi connectivity index (χ4n) is 1.79. The van der Waals surface area contributed by atoms with Gasteiger partial charge in [-0.15, -0.1) is 11.8 Å². The molecule has 0 aliphatic heterocycles. The minimum absolute atomic E-state index is 0.163. The van der Waals surface area contributed by atoms with Crippen LogP contribution in [0.2, 0.25) is 0 Å². The minimum Gasteiger partial charge on any atom is -0.360 e. The zero-order valence-electron chi connectivity index (χ0n) is 14.0. The number of carbonyl (C=O) groups is 2. The third-order valence-electron chi connectivity index (χ3n) is 3.09. The average molecular weight is 357 g/mol. The first-order valence-electron chi connectivity index (χ1n) is 7.71. The van der Waals surface area contributed by atoms with E-state index in [1.54, 1.807) is 19.9 Å². The fraction of sp³-hybridized carbons (Fsp3) is 0.278. The van der Waals surface area contributed by atoms with E-state index in [0.717, 1.165) is 5.56 Å². The first-order chi connectivity index (χ1) is 12.0. The smallest absolute Gasteiger partial charge is 0.238 e. The lowest BCUT2D eigenvalue weighted by Crippen LogP contribution is -2.28. The van der Waals surface area contributed by atoms with E-state index in [4.69, 9.17) is 4.52 Å². The van der Waals surface area contributed by atoms with Gasteiger partial charge in [-0.2, -0.15) is 0 Å². The highest BCUT2D eigenvalue weighted by molar-refractivity contribution is 8.01. The maximum absolute atomic E-state index is 12.0. The van der Waals surface area contributed by atoms with Gasteiger partial charge in [0.05, 0.1) is 17.5 Å². The Morgan fingerprint density at radius 2 is 2.08 bits per heavy atom. The summed E-state index contributed by atoms with van der Waals surface area (Å²) in [6.07, 6.45) is 0. The van der Waals surface area contributed by atoms with Crippen molar-refractivity contribution in [2.45, 2.75) is 19.1 Å². The zero-order valence-corrected chi connectivity index (χ0v) is 14.9. The highest BCUT2D eigenvalue weighted by Gasteiger charge is 2.16. The number of hydrogen-bond donors (Lipinski definition) is 2. The molecule has 0 aliphatic carbocycles. The second-order valence-electron chi connectivity index (χ2n) is 5.21. The molecule has 25 heavy (non-hydrogen) atoms. The summed E-state index contributed by atoms with van der Waals surface area (Å²) in [5.74, 6) is 6.63. The molecule has 0 saturated carbocycles. The van der Waals surface area contributed by atoms with Crippen LogP contribution < -0.4 is 10.6 Å². The fourth-order valence-corrected chi connectivity index (χ4v) is 2.50. The number of nitrogens with one attached hydrogen (secondary N) is 2. The van der Waals surface area contributed by atoms with Crippen molar-refractivity contribution in [1.29, 1.82) is 0 Å². The summed E-state index contributed by atoms with van der Waals surface area (Å²) in [7, 11) is 0. The summed E-state index contributed by atoms with van der Waals surface area (Å²) >= 11 is 1.24. The molecule has 0 spiro atoms. The molecule has 0 fully saturated rings. The predicted molar refractivity (Wildman–Crippen MR) is 98.1 cm³/mol. The lowest BCUT2D eigenvalue weighted by atomic mass is 10.2. The number of aryl methyl sites for hydroxylation is 1. The molecule has 0 radical (unpaired) electrons. The summed E-state index contributed by atoms with van der Waals surface area (Å²) in [6, 6.07) is 11.2. The Kier molecular flexibility index (Phi) is 7.11. The normalized spacial score (nSPS) is 11.1. The van der Waals surface area contributed by atoms with E-state index >= 15 is 0 Å². The Balaban J connectivity index is 1.67. The van der Waals surface area contributed by atoms with Gasteiger partial charge in [0.25, 0.3) is 0 Å². The van der Waals surface area contributed by atoms with Gasteiger partial charge in [-0.05, 0) is 26.0 Å². The van der Waals surface area contributed by atoms with Crippen LogP contribution in [-0.4, -0.2) is 34.5 Å². The van der Waals surface area contributed by atoms with Gasteiger partial charge in [-0.3, -0.25) is 9.59 Å². The van der Waals surface area contributed by atoms with E-state index in [9.17, 15) is 9.59 Å². The van der Waals surface area contributed by atoms with Crippen LogP contribution in [0, 0.1) is 18.8 Å². The van der Waals surface area contributed by atoms with Crippen molar-refractivity contribution in [1.82, 2.24) is 10.5 Å². The van der Waals surface area contributed by atoms with Gasteiger partial charge in [-0.1, -0.05) is 35.2 Å². The number of carbonyl (C=O) groups excluding carboxylic acids is 2. The van der Waals surface area contributed by atoms with Gasteiger partial charge in [0.1, 0.15) is 5.76 Å². The molecular formula is C18H19N3O3S. The molecule has 0 unspecified atom stereocenters. The van der Waals surface area contributed by atoms with E-state index in [-0.39, 0.29) is 24.1 Å². The second-order valence-corrected chi connectivity index (χ2v) is 6.54. The molecule has 1 aromatic heterocycles. The third kappa shape index (κ3) is 6.73. The number of hydrogen-bond acceptors (Lipinski definition) is 5. The highest BCUT2D eigenvalue weighted by Crippen LogP contribution is 2.14. The summed E-state index contributed by atoms with van der Waals surface area (Å²) < 4.78 is 4.88. The molecule has 2 rings (SSSR count). The molecule has 2 amide bonds. The number of amides is 2. The first kappa shape index (κ1) is 18.6. The minimum atomic E-state index is -0.391. The molecule has 0 saturated heterocycles. The van der Waals surface area contributed by atoms with Gasteiger partial charge in [0.2, 0.25) is 11.8 Å². The van der Waals surface area contributed by atoms with Crippen molar-refractivity contribution in [3.63, 3.8) is 0 Å². The maximum atomic E-state index is 12.0. The first-order valence-corrected chi connectivity index (χ1v) is 8.76. The van der Waals surface area contributed by atoms with Crippen LogP contribution in [0.4, 0.5) is 5.82 Å². The summed E-state index contributed by atoms with van der Waals surface area (Å²) in [5, 5.41) is 8.65. The Bertz CT molecular complexity index is 778. The molecule has 7 heteroatoms. The van der Waals surface area contributed by atoms with Gasteiger partial charge >= 0.3 is 0 Å². The van der Waals surface area contributed by atoms with Crippen molar-refractivity contribution in [2.24, 2.45) is 0 Å². The molecule has 1 heterocycles. The van der Waals surface area contributed by atoms with Crippen LogP contribution >= 0.6 is 11.8 Å². The van der Waals surface area contributed by atoms with Crippen LogP contribution in [0.5, 0.6) is 0 Å². The second kappa shape index (κ2) is 9.55. The molecule has 0 aliphatic rings. The molecule has 6 nitrogen and oxygen atoms in total. The van der Waals surface area contributed by atoms with Crippen molar-refractivity contribution >= 4 is 29.4 Å². The van der Waals surface area contributed by atoms with Crippen molar-refractivity contribution in [2.75, 3.05) is 17.6 Å². The third-order valence-corrected chi connectivity index (χ3v) is 4.24. The SMILES string of the molecule is Cc1cc(NC(=O)[C@@H](C)SCC(=O)NCC#Cc2ccccc2)no1. The molecule has 130 valence electrons. The Hall–Kier alpha value is -2.72. The topological polar surface area (TPSA) is 84.2 Å². The van der Waals surface area contributed by atoms with E-state index in [1.165, 1.54) is 11.8 Å². The van der Waals surface area contributed by atoms with Crippen LogP contribution in [-0.2, 0) is 9.59 Å². The number of benzene rings is 1. The van der Waals surface area contributed by atoms with Crippen LogP contribution in [0.3, 0.4) is 0 Å². The molecule has 0 bridgehead atoms. The van der Waals surface area contributed by atoms with E-state index in [2.05, 4.69) is 27.6 Å². The summed E-state index contributed by atoms with van der Waals surface area (Å²) in [5.41, 5.74) is 0.902. The van der Waals surface area contributed by atoms with E-state index < -0.39 is 5.25 Å². The largest absolute Gasteiger partial charge is 0.360 e. The lowest BCUT2D eigenvalue weighted by molar-refractivity contribution is -0.118. The van der Waals surface area contributed by atoms with Crippen LogP contribution in [0.15, 0.2) is 40.9 Å². The van der Waals surface area contributed by atoms with Crippen LogP contribution in [0.25, 0.3) is 0 Å². The van der Waals surface area contributed by atoms with E-state index in [0.29, 0.717) is 11.6 Å². The molecular weight excluding hydrogens is 338 g/mol. The standard InChI is InChI=1S/C18H19N3O3S/c1-13-11-16(21-24-13)20-18(23)14(2)25-12-17(22)19-10-6-9-15-7-4-3-5-8-15/h3-5,7-8,11,14H,10,12H2,1-2H3,(H,19,22)(H,20,21,23)/t14-/m1/s1. The average Bonchev–Trinajstić information content (AvgIpc) is 3.02. The van der Waals surface area contributed by atoms with Gasteiger partial charge in [-0.25, -0.2) is 0 Å². The molecule has 2 aromatic rings. The molecule has 1 atom stereocenters. The maximum Gasteiger partial charge on any atom is 0.238 e. The zero-order chi connectivity index (χ0) is 18.1. The Morgan fingerprint density at radius 1 is 1.32 bits per heavy atom. The number of rotatable bonds is 6. The number of anilines is 1. The Labute approximate surface area is 150 Å². The quantitative estimate of drug-likeness (QED) is 0.775. The number of nitrogens with zero attached hydrogens (tertiary/aromatic N) is 1. The van der Waals surface area contributed by atoms with Crippen molar-refractivity contribution < 1.29 is 14.1 Å². The summed E-state index contributed by atoms with van der Waals surface area (Å²) in [4.78, 5) is 23.8. The van der Waals surface area contributed by atoms with Crippen LogP contribution in [0.1, 0.15) is 18.2 Å². The van der Waals surface area contributed by atoms with E-state index in [1.807, 2.05) is 30.3 Å². The number of thioether (sulfide) groups is 1. The Morgan fingerprint density at radius 3 is 2.76 bits per heavy atom. The lowest BCUT2D eigenvalue weighted by Gasteiger charge is -2.09. The summed E-state index contributed by atoms with van der Waals surface area (Å²) in [6.45, 7) is 3.74.